The summed E-state index contributed by atoms with van der Waals surface area (Å²) in [7, 11) is 0. The summed E-state index contributed by atoms with van der Waals surface area (Å²) in [6, 6.07) is -1.45. The lowest BCUT2D eigenvalue weighted by molar-refractivity contribution is -0.138. The van der Waals surface area contributed by atoms with Crippen LogP contribution in [0.2, 0.25) is 0 Å². The van der Waals surface area contributed by atoms with Crippen LogP contribution < -0.4 is 10.6 Å². The highest BCUT2D eigenvalue weighted by Gasteiger charge is 2.17. The molecule has 0 aromatic heterocycles. The molecule has 0 heterocycles. The van der Waals surface area contributed by atoms with E-state index < -0.39 is 18.0 Å². The third kappa shape index (κ3) is 5.35. The predicted molar refractivity (Wildman–Crippen MR) is 52.1 cm³/mol. The Morgan fingerprint density at radius 1 is 1.38 bits per heavy atom. The van der Waals surface area contributed by atoms with Crippen LogP contribution in [-0.4, -0.2) is 34.9 Å². The number of aliphatic carboxylic acids is 1. The Morgan fingerprint density at radius 2 is 1.92 bits per heavy atom. The molecule has 0 radical (unpaired) electrons. The van der Waals surface area contributed by atoms with Crippen LogP contribution in [0.25, 0.3) is 0 Å². The Bertz CT molecular complexity index is 196. The number of carboxylic acids is 1. The standard InChI is InChI=1S/C7H14N2O3S/c1-4(2)8-7(12)9-5(3-13)6(10)11/h4-5,13H,3H2,1-2H3,(H,10,11)(H2,8,9,12). The molecule has 76 valence electrons. The number of thiol groups is 1. The number of rotatable bonds is 4. The Morgan fingerprint density at radius 3 is 2.23 bits per heavy atom. The molecule has 0 aliphatic heterocycles. The maximum atomic E-state index is 11.0. The minimum absolute atomic E-state index is 0.0191. The number of urea groups is 1. The van der Waals surface area contributed by atoms with E-state index in [4.69, 9.17) is 5.11 Å². The van der Waals surface area contributed by atoms with Gasteiger partial charge in [-0.05, 0) is 13.8 Å². The van der Waals surface area contributed by atoms with Crippen molar-refractivity contribution in [3.05, 3.63) is 0 Å². The van der Waals surface area contributed by atoms with Crippen molar-refractivity contribution in [2.45, 2.75) is 25.9 Å². The normalized spacial score (nSPS) is 12.3. The third-order valence-electron chi connectivity index (χ3n) is 1.21. The number of amides is 2. The molecule has 3 N–H and O–H groups in total. The lowest BCUT2D eigenvalue weighted by Gasteiger charge is -2.14. The van der Waals surface area contributed by atoms with E-state index in [1.54, 1.807) is 13.8 Å². The van der Waals surface area contributed by atoms with Gasteiger partial charge in [-0.1, -0.05) is 0 Å². The summed E-state index contributed by atoms with van der Waals surface area (Å²) < 4.78 is 0. The van der Waals surface area contributed by atoms with Gasteiger partial charge in [0.25, 0.3) is 0 Å². The minimum atomic E-state index is -1.09. The van der Waals surface area contributed by atoms with Gasteiger partial charge in [0.15, 0.2) is 0 Å². The van der Waals surface area contributed by atoms with Crippen molar-refractivity contribution in [1.29, 1.82) is 0 Å². The molecular formula is C7H14N2O3S. The Balaban J connectivity index is 3.94. The molecule has 13 heavy (non-hydrogen) atoms. The first kappa shape index (κ1) is 12.1. The third-order valence-corrected chi connectivity index (χ3v) is 1.57. The summed E-state index contributed by atoms with van der Waals surface area (Å²) in [5.41, 5.74) is 0. The van der Waals surface area contributed by atoms with Crippen LogP contribution in [0.5, 0.6) is 0 Å². The molecule has 0 aliphatic carbocycles. The molecule has 0 aromatic rings. The summed E-state index contributed by atoms with van der Waals surface area (Å²) >= 11 is 3.80. The fourth-order valence-corrected chi connectivity index (χ4v) is 0.895. The highest BCUT2D eigenvalue weighted by atomic mass is 32.1. The van der Waals surface area contributed by atoms with Gasteiger partial charge < -0.3 is 15.7 Å². The maximum Gasteiger partial charge on any atom is 0.327 e. The van der Waals surface area contributed by atoms with E-state index in [-0.39, 0.29) is 11.8 Å². The molecule has 0 aliphatic rings. The van der Waals surface area contributed by atoms with E-state index in [0.717, 1.165) is 0 Å². The number of carboxylic acid groups (broad SMARTS) is 1. The maximum absolute atomic E-state index is 11.0. The van der Waals surface area contributed by atoms with E-state index >= 15 is 0 Å². The average molecular weight is 206 g/mol. The van der Waals surface area contributed by atoms with Crippen molar-refractivity contribution in [2.75, 3.05) is 5.75 Å². The second-order valence-electron chi connectivity index (χ2n) is 2.85. The fraction of sp³-hybridized carbons (Fsp3) is 0.714. The average Bonchev–Trinajstić information content (AvgIpc) is 1.98. The summed E-state index contributed by atoms with van der Waals surface area (Å²) in [6.45, 7) is 3.58. The molecule has 1 atom stereocenters. The van der Waals surface area contributed by atoms with Crippen molar-refractivity contribution in [1.82, 2.24) is 10.6 Å². The number of carbonyl (C=O) groups excluding carboxylic acids is 1. The van der Waals surface area contributed by atoms with E-state index in [1.807, 2.05) is 0 Å². The number of nitrogens with one attached hydrogen (secondary N) is 2. The van der Waals surface area contributed by atoms with E-state index in [0.29, 0.717) is 0 Å². The number of carbonyl (C=O) groups is 2. The second kappa shape index (κ2) is 5.69. The predicted octanol–water partition coefficient (Wildman–Crippen LogP) is 0.0770. The zero-order chi connectivity index (χ0) is 10.4. The van der Waals surface area contributed by atoms with Crippen LogP contribution in [0.1, 0.15) is 13.8 Å². The highest BCUT2D eigenvalue weighted by molar-refractivity contribution is 7.80. The van der Waals surface area contributed by atoms with Crippen LogP contribution in [0, 0.1) is 0 Å². The van der Waals surface area contributed by atoms with Gasteiger partial charge >= 0.3 is 12.0 Å². The van der Waals surface area contributed by atoms with Gasteiger partial charge in [-0.2, -0.15) is 12.6 Å². The Kier molecular flexibility index (Phi) is 5.29. The topological polar surface area (TPSA) is 78.4 Å². The molecule has 0 saturated heterocycles. The van der Waals surface area contributed by atoms with E-state index in [2.05, 4.69) is 23.3 Å². The van der Waals surface area contributed by atoms with E-state index in [1.165, 1.54) is 0 Å². The smallest absolute Gasteiger partial charge is 0.327 e. The van der Waals surface area contributed by atoms with Gasteiger partial charge in [0.2, 0.25) is 0 Å². The molecule has 0 spiro atoms. The quantitative estimate of drug-likeness (QED) is 0.492. The molecule has 0 saturated carbocycles. The SMILES string of the molecule is CC(C)NC(=O)NC(CS)C(=O)O. The monoisotopic (exact) mass is 206 g/mol. The van der Waals surface area contributed by atoms with Crippen molar-refractivity contribution in [2.24, 2.45) is 0 Å². The second-order valence-corrected chi connectivity index (χ2v) is 3.21. The first-order valence-electron chi connectivity index (χ1n) is 3.88. The number of hydrogen-bond acceptors (Lipinski definition) is 3. The zero-order valence-corrected chi connectivity index (χ0v) is 8.47. The van der Waals surface area contributed by atoms with Crippen molar-refractivity contribution in [3.63, 3.8) is 0 Å². The van der Waals surface area contributed by atoms with Gasteiger partial charge in [0.05, 0.1) is 0 Å². The molecule has 6 heteroatoms. The summed E-state index contributed by atoms with van der Waals surface area (Å²) in [5, 5.41) is 13.4. The summed E-state index contributed by atoms with van der Waals surface area (Å²) in [5.74, 6) is -1.02. The first-order chi connectivity index (χ1) is 5.97. The van der Waals surface area contributed by atoms with Gasteiger partial charge in [-0.15, -0.1) is 0 Å². The number of hydrogen-bond donors (Lipinski definition) is 4. The first-order valence-corrected chi connectivity index (χ1v) is 4.51. The van der Waals surface area contributed by atoms with Crippen molar-refractivity contribution < 1.29 is 14.7 Å². The van der Waals surface area contributed by atoms with Gasteiger partial charge in [0, 0.05) is 11.8 Å². The van der Waals surface area contributed by atoms with Crippen LogP contribution in [-0.2, 0) is 4.79 Å². The lowest BCUT2D eigenvalue weighted by atomic mass is 10.3. The molecule has 5 nitrogen and oxygen atoms in total. The summed E-state index contributed by atoms with van der Waals surface area (Å²) in [6.07, 6.45) is 0. The van der Waals surface area contributed by atoms with Crippen molar-refractivity contribution >= 4 is 24.6 Å². The van der Waals surface area contributed by atoms with Crippen LogP contribution in [0.15, 0.2) is 0 Å². The largest absolute Gasteiger partial charge is 0.480 e. The highest BCUT2D eigenvalue weighted by Crippen LogP contribution is 1.88. The molecule has 0 bridgehead atoms. The zero-order valence-electron chi connectivity index (χ0n) is 7.57. The van der Waals surface area contributed by atoms with E-state index in [9.17, 15) is 9.59 Å². The van der Waals surface area contributed by atoms with Crippen molar-refractivity contribution in [3.8, 4) is 0 Å². The lowest BCUT2D eigenvalue weighted by Crippen LogP contribution is -2.48. The summed E-state index contributed by atoms with van der Waals surface area (Å²) in [4.78, 5) is 21.5. The molecule has 2 amide bonds. The Labute approximate surface area is 82.3 Å². The van der Waals surface area contributed by atoms with Gasteiger partial charge in [-0.3, -0.25) is 0 Å². The van der Waals surface area contributed by atoms with Gasteiger partial charge in [-0.25, -0.2) is 9.59 Å². The molecular weight excluding hydrogens is 192 g/mol. The van der Waals surface area contributed by atoms with Crippen LogP contribution in [0.4, 0.5) is 4.79 Å². The molecule has 0 fully saturated rings. The van der Waals surface area contributed by atoms with Crippen LogP contribution >= 0.6 is 12.6 Å². The fourth-order valence-electron chi connectivity index (χ4n) is 0.648. The molecule has 0 rings (SSSR count). The molecule has 0 aromatic carbocycles. The molecule has 1 unspecified atom stereocenters. The Hall–Kier alpha value is -0.910. The van der Waals surface area contributed by atoms with Gasteiger partial charge in [0.1, 0.15) is 6.04 Å². The minimum Gasteiger partial charge on any atom is -0.480 e. The van der Waals surface area contributed by atoms with Crippen LogP contribution in [0.3, 0.4) is 0 Å².